The number of rotatable bonds is 3. The van der Waals surface area contributed by atoms with Crippen LogP contribution < -0.4 is 15.4 Å². The van der Waals surface area contributed by atoms with Crippen molar-refractivity contribution < 1.29 is 4.74 Å². The van der Waals surface area contributed by atoms with E-state index in [0.717, 1.165) is 31.9 Å². The van der Waals surface area contributed by atoms with Gasteiger partial charge in [0.15, 0.2) is 0 Å². The first-order chi connectivity index (χ1) is 8.43. The largest absolute Gasteiger partial charge is 0.492 e. The molecule has 1 saturated heterocycles. The fourth-order valence-electron chi connectivity index (χ4n) is 2.70. The van der Waals surface area contributed by atoms with Crippen LogP contribution in [-0.4, -0.2) is 25.7 Å². The molecule has 17 heavy (non-hydrogen) atoms. The highest BCUT2D eigenvalue weighted by Gasteiger charge is 2.17. The zero-order valence-electron chi connectivity index (χ0n) is 10.2. The van der Waals surface area contributed by atoms with Crippen molar-refractivity contribution in [2.45, 2.75) is 31.7 Å². The molecular formula is C14H20N2O. The predicted molar refractivity (Wildman–Crippen MR) is 69.8 cm³/mol. The molecule has 3 heteroatoms. The predicted octanol–water partition coefficient (Wildman–Crippen LogP) is 2.18. The Morgan fingerprint density at radius 3 is 3.12 bits per heavy atom. The Balaban J connectivity index is 1.63. The fourth-order valence-corrected chi connectivity index (χ4v) is 2.70. The monoisotopic (exact) mass is 232 g/mol. The second-order valence-corrected chi connectivity index (χ2v) is 4.92. The third-order valence-electron chi connectivity index (χ3n) is 3.68. The topological polar surface area (TPSA) is 33.3 Å². The molecule has 0 saturated carbocycles. The first-order valence-electron chi connectivity index (χ1n) is 6.65. The van der Waals surface area contributed by atoms with Gasteiger partial charge < -0.3 is 15.4 Å². The molecule has 2 aliphatic rings. The highest BCUT2D eigenvalue weighted by Crippen LogP contribution is 2.31. The minimum Gasteiger partial charge on any atom is -0.492 e. The lowest BCUT2D eigenvalue weighted by Crippen LogP contribution is -2.38. The van der Waals surface area contributed by atoms with Crippen LogP contribution in [0, 0.1) is 0 Å². The minimum atomic E-state index is 0.536. The Bertz CT molecular complexity index is 386. The van der Waals surface area contributed by atoms with Crippen molar-refractivity contribution in [3.8, 4) is 5.75 Å². The van der Waals surface area contributed by atoms with E-state index < -0.39 is 0 Å². The number of ether oxygens (including phenoxy) is 1. The average molecular weight is 232 g/mol. The van der Waals surface area contributed by atoms with Gasteiger partial charge in [0.05, 0.1) is 0 Å². The van der Waals surface area contributed by atoms with Crippen LogP contribution in [0.15, 0.2) is 18.2 Å². The number of nitrogens with one attached hydrogen (secondary N) is 2. The molecule has 2 N–H and O–H groups in total. The molecule has 0 amide bonds. The smallest absolute Gasteiger partial charge is 0.124 e. The number of anilines is 1. The maximum atomic E-state index is 5.99. The van der Waals surface area contributed by atoms with Gasteiger partial charge in [0.2, 0.25) is 0 Å². The van der Waals surface area contributed by atoms with Gasteiger partial charge in [0, 0.05) is 23.8 Å². The molecule has 1 atom stereocenters. The van der Waals surface area contributed by atoms with Gasteiger partial charge in [-0.25, -0.2) is 0 Å². The molecule has 1 unspecified atom stereocenters. The summed E-state index contributed by atoms with van der Waals surface area (Å²) in [5, 5.41) is 6.90. The lowest BCUT2D eigenvalue weighted by Gasteiger charge is -2.24. The highest BCUT2D eigenvalue weighted by molar-refractivity contribution is 5.61. The fraction of sp³-hybridized carbons (Fsp3) is 0.571. The summed E-state index contributed by atoms with van der Waals surface area (Å²) in [6, 6.07) is 6.83. The molecule has 3 nitrogen and oxygen atoms in total. The molecule has 0 aromatic heterocycles. The van der Waals surface area contributed by atoms with Crippen molar-refractivity contribution in [3.05, 3.63) is 23.8 Å². The number of benzene rings is 1. The lowest BCUT2D eigenvalue weighted by molar-refractivity contribution is 0.238. The summed E-state index contributed by atoms with van der Waals surface area (Å²) >= 11 is 0. The van der Waals surface area contributed by atoms with Crippen molar-refractivity contribution in [2.75, 3.05) is 25.0 Å². The van der Waals surface area contributed by atoms with E-state index >= 15 is 0 Å². The molecular weight excluding hydrogens is 212 g/mol. The summed E-state index contributed by atoms with van der Waals surface area (Å²) in [4.78, 5) is 0. The Kier molecular flexibility index (Phi) is 3.18. The van der Waals surface area contributed by atoms with Gasteiger partial charge in [-0.2, -0.15) is 0 Å². The van der Waals surface area contributed by atoms with E-state index in [1.807, 2.05) is 0 Å². The molecule has 0 spiro atoms. The van der Waals surface area contributed by atoms with E-state index in [0.29, 0.717) is 6.04 Å². The number of hydrogen-bond donors (Lipinski definition) is 2. The van der Waals surface area contributed by atoms with Crippen LogP contribution in [0.2, 0.25) is 0 Å². The Labute approximate surface area is 103 Å². The summed E-state index contributed by atoms with van der Waals surface area (Å²) in [6.45, 7) is 2.98. The molecule has 0 bridgehead atoms. The summed E-state index contributed by atoms with van der Waals surface area (Å²) in [6.07, 6.45) is 4.97. The standard InChI is InChI=1S/C14H20N2O/c1-2-8-15-11(4-1)10-17-14-6-3-5-13-12(14)7-9-16-13/h3,5-6,11,15-16H,1-2,4,7-10H2. The van der Waals surface area contributed by atoms with Crippen LogP contribution in [0.1, 0.15) is 24.8 Å². The maximum absolute atomic E-state index is 5.99. The number of piperidine rings is 1. The average Bonchev–Trinajstić information content (AvgIpc) is 2.86. The van der Waals surface area contributed by atoms with Gasteiger partial charge in [0.1, 0.15) is 12.4 Å². The van der Waals surface area contributed by atoms with E-state index in [4.69, 9.17) is 4.74 Å². The normalized spacial score (nSPS) is 22.9. The van der Waals surface area contributed by atoms with E-state index in [2.05, 4.69) is 28.8 Å². The second-order valence-electron chi connectivity index (χ2n) is 4.92. The van der Waals surface area contributed by atoms with E-state index in [1.165, 1.54) is 30.5 Å². The summed E-state index contributed by atoms with van der Waals surface area (Å²) in [5.74, 6) is 1.07. The van der Waals surface area contributed by atoms with Gasteiger partial charge in [-0.1, -0.05) is 12.5 Å². The van der Waals surface area contributed by atoms with Gasteiger partial charge in [-0.15, -0.1) is 0 Å². The van der Waals surface area contributed by atoms with Crippen molar-refractivity contribution in [2.24, 2.45) is 0 Å². The van der Waals surface area contributed by atoms with Crippen LogP contribution in [-0.2, 0) is 6.42 Å². The first-order valence-corrected chi connectivity index (χ1v) is 6.65. The molecule has 2 heterocycles. The molecule has 3 rings (SSSR count). The third-order valence-corrected chi connectivity index (χ3v) is 3.68. The SMILES string of the molecule is c1cc2c(c(OCC3CCCCN3)c1)CCN2. The molecule has 2 aliphatic heterocycles. The quantitative estimate of drug-likeness (QED) is 0.838. The number of hydrogen-bond acceptors (Lipinski definition) is 3. The van der Waals surface area contributed by atoms with Crippen LogP contribution in [0.25, 0.3) is 0 Å². The van der Waals surface area contributed by atoms with E-state index in [1.54, 1.807) is 0 Å². The summed E-state index contributed by atoms with van der Waals surface area (Å²) < 4.78 is 5.99. The Morgan fingerprint density at radius 2 is 2.24 bits per heavy atom. The molecule has 1 aromatic carbocycles. The van der Waals surface area contributed by atoms with E-state index in [-0.39, 0.29) is 0 Å². The first kappa shape index (κ1) is 10.9. The zero-order chi connectivity index (χ0) is 11.5. The van der Waals surface area contributed by atoms with Crippen LogP contribution in [0.3, 0.4) is 0 Å². The molecule has 92 valence electrons. The highest BCUT2D eigenvalue weighted by atomic mass is 16.5. The Hall–Kier alpha value is -1.22. The van der Waals surface area contributed by atoms with Gasteiger partial charge >= 0.3 is 0 Å². The van der Waals surface area contributed by atoms with Crippen LogP contribution in [0.4, 0.5) is 5.69 Å². The minimum absolute atomic E-state index is 0.536. The summed E-state index contributed by atoms with van der Waals surface area (Å²) in [5.41, 5.74) is 2.60. The van der Waals surface area contributed by atoms with Crippen molar-refractivity contribution in [1.29, 1.82) is 0 Å². The number of fused-ring (bicyclic) bond motifs is 1. The molecule has 0 radical (unpaired) electrons. The molecule has 0 aliphatic carbocycles. The summed E-state index contributed by atoms with van der Waals surface area (Å²) in [7, 11) is 0. The third kappa shape index (κ3) is 2.39. The van der Waals surface area contributed by atoms with Gasteiger partial charge in [-0.3, -0.25) is 0 Å². The maximum Gasteiger partial charge on any atom is 0.124 e. The van der Waals surface area contributed by atoms with E-state index in [9.17, 15) is 0 Å². The van der Waals surface area contributed by atoms with Gasteiger partial charge in [-0.05, 0) is 37.9 Å². The van der Waals surface area contributed by atoms with Crippen LogP contribution in [0.5, 0.6) is 5.75 Å². The van der Waals surface area contributed by atoms with Crippen molar-refractivity contribution in [3.63, 3.8) is 0 Å². The Morgan fingerprint density at radius 1 is 1.24 bits per heavy atom. The van der Waals surface area contributed by atoms with Gasteiger partial charge in [0.25, 0.3) is 0 Å². The lowest BCUT2D eigenvalue weighted by atomic mass is 10.1. The van der Waals surface area contributed by atoms with Crippen molar-refractivity contribution in [1.82, 2.24) is 5.32 Å². The molecule has 1 fully saturated rings. The second kappa shape index (κ2) is 4.96. The zero-order valence-corrected chi connectivity index (χ0v) is 10.2. The van der Waals surface area contributed by atoms with Crippen LogP contribution >= 0.6 is 0 Å². The molecule has 1 aromatic rings. The van der Waals surface area contributed by atoms with Crippen molar-refractivity contribution >= 4 is 5.69 Å².